The molecule has 0 bridgehead atoms. The molecule has 0 fully saturated rings. The molecule has 34 heavy (non-hydrogen) atoms. The first-order valence-electron chi connectivity index (χ1n) is 10.6. The van der Waals surface area contributed by atoms with E-state index in [1.807, 2.05) is 36.4 Å². The van der Waals surface area contributed by atoms with Crippen molar-refractivity contribution in [3.8, 4) is 17.9 Å². The Morgan fingerprint density at radius 1 is 1.06 bits per heavy atom. The SMILES string of the molecule is CCOC(=O)c1sc(CC(=O)/C(C#N)=C/c2ccc(OCc3ccccc3)cc2)c(C#N)c1C. The molecule has 0 atom stereocenters. The van der Waals surface area contributed by atoms with Gasteiger partial charge in [0.2, 0.25) is 0 Å². The molecule has 0 saturated heterocycles. The van der Waals surface area contributed by atoms with E-state index in [0.29, 0.717) is 33.2 Å². The lowest BCUT2D eigenvalue weighted by atomic mass is 10.0. The summed E-state index contributed by atoms with van der Waals surface area (Å²) in [5, 5.41) is 19.1. The number of ketones is 1. The third-order valence-electron chi connectivity index (χ3n) is 4.97. The number of hydrogen-bond acceptors (Lipinski definition) is 7. The van der Waals surface area contributed by atoms with Crippen molar-refractivity contribution < 1.29 is 19.1 Å². The molecule has 0 radical (unpaired) electrons. The van der Waals surface area contributed by atoms with E-state index in [1.165, 1.54) is 6.08 Å². The van der Waals surface area contributed by atoms with Gasteiger partial charge in [-0.2, -0.15) is 10.5 Å². The Balaban J connectivity index is 1.73. The standard InChI is InChI=1S/C27H22N2O4S/c1-3-32-27(31)26-18(2)23(16-29)25(34-26)14-24(30)21(15-28)13-19-9-11-22(12-10-19)33-17-20-7-5-4-6-8-20/h4-13H,3,14,17H2,1-2H3/b21-13+. The second-order valence-electron chi connectivity index (χ2n) is 7.30. The van der Waals surface area contributed by atoms with Crippen LogP contribution in [0.4, 0.5) is 0 Å². The number of esters is 1. The zero-order valence-electron chi connectivity index (χ0n) is 18.8. The van der Waals surface area contributed by atoms with Crippen LogP contribution in [-0.4, -0.2) is 18.4 Å². The second-order valence-corrected chi connectivity index (χ2v) is 8.40. The Hall–Kier alpha value is -4.20. The van der Waals surface area contributed by atoms with Crippen LogP contribution < -0.4 is 4.74 Å². The monoisotopic (exact) mass is 470 g/mol. The number of ether oxygens (including phenoxy) is 2. The van der Waals surface area contributed by atoms with E-state index in [0.717, 1.165) is 16.9 Å². The van der Waals surface area contributed by atoms with Gasteiger partial charge in [0, 0.05) is 11.3 Å². The first kappa shape index (κ1) is 24.4. The molecule has 3 aromatic rings. The second kappa shape index (κ2) is 11.6. The summed E-state index contributed by atoms with van der Waals surface area (Å²) in [5.74, 6) is -0.282. The predicted molar refractivity (Wildman–Crippen MR) is 129 cm³/mol. The average Bonchev–Trinajstić information content (AvgIpc) is 3.17. The lowest BCUT2D eigenvalue weighted by Gasteiger charge is -2.06. The predicted octanol–water partition coefficient (Wildman–Crippen LogP) is 5.40. The highest BCUT2D eigenvalue weighted by Crippen LogP contribution is 2.29. The highest BCUT2D eigenvalue weighted by atomic mass is 32.1. The molecule has 0 aliphatic carbocycles. The number of carbonyl (C=O) groups excluding carboxylic acids is 2. The van der Waals surface area contributed by atoms with Crippen molar-refractivity contribution in [2.45, 2.75) is 26.9 Å². The molecule has 1 aromatic heterocycles. The molecule has 0 spiro atoms. The van der Waals surface area contributed by atoms with Crippen molar-refractivity contribution in [1.29, 1.82) is 10.5 Å². The molecule has 2 aromatic carbocycles. The molecule has 1 heterocycles. The number of benzene rings is 2. The van der Waals surface area contributed by atoms with Crippen LogP contribution >= 0.6 is 11.3 Å². The highest BCUT2D eigenvalue weighted by Gasteiger charge is 2.23. The van der Waals surface area contributed by atoms with Gasteiger partial charge in [0.1, 0.15) is 29.4 Å². The first-order chi connectivity index (χ1) is 16.5. The zero-order valence-corrected chi connectivity index (χ0v) is 19.6. The third-order valence-corrected chi connectivity index (χ3v) is 6.25. The zero-order chi connectivity index (χ0) is 24.5. The van der Waals surface area contributed by atoms with Crippen molar-refractivity contribution >= 4 is 29.2 Å². The van der Waals surface area contributed by atoms with Gasteiger partial charge < -0.3 is 9.47 Å². The summed E-state index contributed by atoms with van der Waals surface area (Å²) in [4.78, 5) is 25.7. The summed E-state index contributed by atoms with van der Waals surface area (Å²) in [5.41, 5.74) is 2.45. The number of hydrogen-bond donors (Lipinski definition) is 0. The van der Waals surface area contributed by atoms with Crippen LogP contribution in [0.15, 0.2) is 60.2 Å². The normalized spacial score (nSPS) is 10.8. The maximum Gasteiger partial charge on any atom is 0.348 e. The third kappa shape index (κ3) is 5.98. The summed E-state index contributed by atoms with van der Waals surface area (Å²) in [6, 6.07) is 20.9. The van der Waals surface area contributed by atoms with Crippen LogP contribution in [0.5, 0.6) is 5.75 Å². The van der Waals surface area contributed by atoms with Crippen LogP contribution in [0.2, 0.25) is 0 Å². The Labute approximate surface area is 202 Å². The minimum Gasteiger partial charge on any atom is -0.489 e. The van der Waals surface area contributed by atoms with E-state index in [2.05, 4.69) is 6.07 Å². The van der Waals surface area contributed by atoms with Crippen molar-refractivity contribution in [1.82, 2.24) is 0 Å². The number of nitrogens with zero attached hydrogens (tertiary/aromatic N) is 2. The Bertz CT molecular complexity index is 1290. The van der Waals surface area contributed by atoms with Crippen LogP contribution in [0.3, 0.4) is 0 Å². The van der Waals surface area contributed by atoms with Gasteiger partial charge in [-0.25, -0.2) is 4.79 Å². The maximum atomic E-state index is 12.8. The molecule has 7 heteroatoms. The quantitative estimate of drug-likeness (QED) is 0.236. The van der Waals surface area contributed by atoms with Gasteiger partial charge >= 0.3 is 5.97 Å². The van der Waals surface area contributed by atoms with Gasteiger partial charge in [-0.05, 0) is 48.7 Å². The van der Waals surface area contributed by atoms with Crippen LogP contribution in [-0.2, 0) is 22.6 Å². The van der Waals surface area contributed by atoms with E-state index >= 15 is 0 Å². The molecular formula is C27H22N2O4S. The van der Waals surface area contributed by atoms with Gasteiger partial charge in [-0.3, -0.25) is 4.79 Å². The summed E-state index contributed by atoms with van der Waals surface area (Å²) in [6.45, 7) is 4.00. The number of nitriles is 2. The number of carbonyl (C=O) groups is 2. The van der Waals surface area contributed by atoms with E-state index in [9.17, 15) is 20.1 Å². The van der Waals surface area contributed by atoms with E-state index in [-0.39, 0.29) is 24.2 Å². The fourth-order valence-corrected chi connectivity index (χ4v) is 4.37. The molecule has 170 valence electrons. The minimum atomic E-state index is -0.522. The topological polar surface area (TPSA) is 100 Å². The van der Waals surface area contributed by atoms with Gasteiger partial charge in [0.15, 0.2) is 5.78 Å². The molecule has 6 nitrogen and oxygen atoms in total. The Morgan fingerprint density at radius 2 is 1.76 bits per heavy atom. The summed E-state index contributed by atoms with van der Waals surface area (Å²) >= 11 is 1.06. The first-order valence-corrected chi connectivity index (χ1v) is 11.4. The Kier molecular flexibility index (Phi) is 8.34. The fourth-order valence-electron chi connectivity index (χ4n) is 3.22. The van der Waals surface area contributed by atoms with Crippen molar-refractivity contribution in [2.75, 3.05) is 6.61 Å². The van der Waals surface area contributed by atoms with Gasteiger partial charge in [0.05, 0.1) is 17.7 Å². The van der Waals surface area contributed by atoms with Gasteiger partial charge in [0.25, 0.3) is 0 Å². The van der Waals surface area contributed by atoms with Crippen molar-refractivity contribution in [3.63, 3.8) is 0 Å². The number of thiophene rings is 1. The van der Waals surface area contributed by atoms with E-state index in [4.69, 9.17) is 9.47 Å². The van der Waals surface area contributed by atoms with Gasteiger partial charge in [-0.15, -0.1) is 11.3 Å². The van der Waals surface area contributed by atoms with Crippen LogP contribution in [0.1, 0.15) is 43.7 Å². The number of allylic oxidation sites excluding steroid dienone is 1. The summed E-state index contributed by atoms with van der Waals surface area (Å²) < 4.78 is 10.8. The molecule has 3 rings (SSSR count). The largest absolute Gasteiger partial charge is 0.489 e. The molecule has 0 aliphatic heterocycles. The fraction of sp³-hybridized carbons (Fsp3) is 0.185. The molecule has 0 unspecified atom stereocenters. The lowest BCUT2D eigenvalue weighted by molar-refractivity contribution is -0.114. The van der Waals surface area contributed by atoms with Gasteiger partial charge in [-0.1, -0.05) is 42.5 Å². The molecule has 0 N–H and O–H groups in total. The minimum absolute atomic E-state index is 0.0365. The maximum absolute atomic E-state index is 12.8. The molecule has 0 amide bonds. The van der Waals surface area contributed by atoms with E-state index < -0.39 is 11.8 Å². The Morgan fingerprint density at radius 3 is 2.38 bits per heavy atom. The summed E-state index contributed by atoms with van der Waals surface area (Å²) in [6.07, 6.45) is 1.35. The van der Waals surface area contributed by atoms with Crippen molar-refractivity contribution in [3.05, 3.63) is 92.2 Å². The van der Waals surface area contributed by atoms with Crippen molar-refractivity contribution in [2.24, 2.45) is 0 Å². The van der Waals surface area contributed by atoms with Crippen LogP contribution in [0, 0.1) is 29.6 Å². The molecule has 0 saturated carbocycles. The summed E-state index contributed by atoms with van der Waals surface area (Å²) in [7, 11) is 0. The lowest BCUT2D eigenvalue weighted by Crippen LogP contribution is -2.05. The average molecular weight is 471 g/mol. The molecule has 0 aliphatic rings. The van der Waals surface area contributed by atoms with E-state index in [1.54, 1.807) is 38.1 Å². The number of rotatable bonds is 9. The van der Waals surface area contributed by atoms with Crippen LogP contribution in [0.25, 0.3) is 6.08 Å². The molecular weight excluding hydrogens is 448 g/mol. The highest BCUT2D eigenvalue weighted by molar-refractivity contribution is 7.14. The number of Topliss-reactive ketones (excluding diaryl/α,β-unsaturated/α-hetero) is 1. The smallest absolute Gasteiger partial charge is 0.348 e.